The van der Waals surface area contributed by atoms with Gasteiger partial charge >= 0.3 is 6.03 Å². The topological polar surface area (TPSA) is 61.4 Å². The maximum Gasteiger partial charge on any atom is 0.317 e. The Morgan fingerprint density at radius 2 is 1.81 bits per heavy atom. The van der Waals surface area contributed by atoms with Crippen LogP contribution >= 0.6 is 11.6 Å². The van der Waals surface area contributed by atoms with Gasteiger partial charge < -0.3 is 15.5 Å². The first kappa shape index (κ1) is 17.3. The smallest absolute Gasteiger partial charge is 0.317 e. The molecule has 0 spiro atoms. The van der Waals surface area contributed by atoms with Gasteiger partial charge in [0.15, 0.2) is 0 Å². The van der Waals surface area contributed by atoms with E-state index >= 15 is 0 Å². The Bertz CT molecular complexity index is 462. The molecule has 116 valence electrons. The number of nitrogens with zero attached hydrogens (tertiary/aromatic N) is 1. The molecule has 0 aliphatic heterocycles. The molecule has 0 saturated heterocycles. The van der Waals surface area contributed by atoms with Crippen molar-refractivity contribution in [3.63, 3.8) is 0 Å². The second-order valence-electron chi connectivity index (χ2n) is 4.65. The highest BCUT2D eigenvalue weighted by Gasteiger charge is 2.14. The Hall–Kier alpha value is -1.75. The van der Waals surface area contributed by atoms with Gasteiger partial charge in [-0.2, -0.15) is 0 Å². The first-order valence-electron chi connectivity index (χ1n) is 7.10. The lowest BCUT2D eigenvalue weighted by molar-refractivity contribution is -0.121. The third kappa shape index (κ3) is 6.49. The van der Waals surface area contributed by atoms with Crippen LogP contribution in [0.4, 0.5) is 4.79 Å². The Kier molecular flexibility index (Phi) is 7.61. The van der Waals surface area contributed by atoms with Gasteiger partial charge in [0.05, 0.1) is 0 Å². The highest BCUT2D eigenvalue weighted by atomic mass is 35.5. The average Bonchev–Trinajstić information content (AvgIpc) is 2.49. The number of carbonyl (C=O) groups is 2. The Morgan fingerprint density at radius 1 is 1.14 bits per heavy atom. The third-order valence-corrected chi connectivity index (χ3v) is 3.18. The number of rotatable bonds is 7. The summed E-state index contributed by atoms with van der Waals surface area (Å²) in [7, 11) is 0. The van der Waals surface area contributed by atoms with Gasteiger partial charge in [0.1, 0.15) is 6.54 Å². The molecule has 21 heavy (non-hydrogen) atoms. The zero-order valence-corrected chi connectivity index (χ0v) is 13.2. The van der Waals surface area contributed by atoms with Crippen molar-refractivity contribution in [2.45, 2.75) is 26.8 Å². The average molecular weight is 312 g/mol. The van der Waals surface area contributed by atoms with Crippen LogP contribution in [0.2, 0.25) is 5.02 Å². The fourth-order valence-electron chi connectivity index (χ4n) is 1.70. The van der Waals surface area contributed by atoms with E-state index in [1.807, 2.05) is 26.0 Å². The number of likely N-dealkylation sites (N-methyl/N-ethyl adjacent to an activating group) is 1. The monoisotopic (exact) mass is 311 g/mol. The highest BCUT2D eigenvalue weighted by molar-refractivity contribution is 6.30. The molecule has 1 aromatic carbocycles. The lowest BCUT2D eigenvalue weighted by Crippen LogP contribution is -2.45. The molecule has 1 rings (SSSR count). The summed E-state index contributed by atoms with van der Waals surface area (Å²) in [6.45, 7) is 5.41. The molecule has 0 bridgehead atoms. The molecule has 5 nitrogen and oxygen atoms in total. The number of carbonyl (C=O) groups excluding carboxylic acids is 2. The number of hydrogen-bond donors (Lipinski definition) is 2. The number of urea groups is 1. The summed E-state index contributed by atoms with van der Waals surface area (Å²) in [4.78, 5) is 25.2. The molecule has 6 heteroatoms. The summed E-state index contributed by atoms with van der Waals surface area (Å²) >= 11 is 5.80. The molecule has 0 aliphatic carbocycles. The summed E-state index contributed by atoms with van der Waals surface area (Å²) in [5.74, 6) is -0.182. The summed E-state index contributed by atoms with van der Waals surface area (Å²) in [5.41, 5.74) is 0.964. The molecule has 0 heterocycles. The van der Waals surface area contributed by atoms with Crippen molar-refractivity contribution in [2.75, 3.05) is 19.6 Å². The largest absolute Gasteiger partial charge is 0.350 e. The van der Waals surface area contributed by atoms with Gasteiger partial charge in [-0.1, -0.05) is 30.7 Å². The van der Waals surface area contributed by atoms with Gasteiger partial charge in [0, 0.05) is 24.7 Å². The van der Waals surface area contributed by atoms with Gasteiger partial charge in [-0.3, -0.25) is 4.79 Å². The molecule has 0 unspecified atom stereocenters. The van der Waals surface area contributed by atoms with Crippen LogP contribution in [0.25, 0.3) is 0 Å². The van der Waals surface area contributed by atoms with Crippen LogP contribution in [0.3, 0.4) is 0 Å². The molecular weight excluding hydrogens is 290 g/mol. The predicted octanol–water partition coefficient (Wildman–Crippen LogP) is 2.40. The van der Waals surface area contributed by atoms with Crippen molar-refractivity contribution in [3.8, 4) is 0 Å². The maximum absolute atomic E-state index is 11.9. The standard InChI is InChI=1S/C15H22ClN3O2/c1-3-9-17-15(21)19(4-2)11-14(20)18-10-12-5-7-13(16)8-6-12/h5-8H,3-4,9-11H2,1-2H3,(H,17,21)(H,18,20). The van der Waals surface area contributed by atoms with E-state index in [4.69, 9.17) is 11.6 Å². The molecule has 0 radical (unpaired) electrons. The van der Waals surface area contributed by atoms with Gasteiger partial charge in [-0.25, -0.2) is 4.79 Å². The van der Waals surface area contributed by atoms with Crippen LogP contribution in [0.5, 0.6) is 0 Å². The number of amides is 3. The van der Waals surface area contributed by atoms with Gasteiger partial charge in [0.25, 0.3) is 0 Å². The van der Waals surface area contributed by atoms with E-state index in [-0.39, 0.29) is 18.5 Å². The van der Waals surface area contributed by atoms with Crippen LogP contribution in [-0.4, -0.2) is 36.5 Å². The number of nitrogens with one attached hydrogen (secondary N) is 2. The van der Waals surface area contributed by atoms with E-state index in [0.29, 0.717) is 24.7 Å². The SMILES string of the molecule is CCCNC(=O)N(CC)CC(=O)NCc1ccc(Cl)cc1. The molecule has 0 fully saturated rings. The van der Waals surface area contributed by atoms with Crippen molar-refractivity contribution >= 4 is 23.5 Å². The lowest BCUT2D eigenvalue weighted by atomic mass is 10.2. The quantitative estimate of drug-likeness (QED) is 0.812. The predicted molar refractivity (Wildman–Crippen MR) is 84.2 cm³/mol. The molecule has 0 atom stereocenters. The van der Waals surface area contributed by atoms with E-state index < -0.39 is 0 Å². The van der Waals surface area contributed by atoms with E-state index in [1.54, 1.807) is 12.1 Å². The van der Waals surface area contributed by atoms with Crippen LogP contribution in [0, 0.1) is 0 Å². The maximum atomic E-state index is 11.9. The number of halogens is 1. The molecule has 0 saturated carbocycles. The second-order valence-corrected chi connectivity index (χ2v) is 5.09. The summed E-state index contributed by atoms with van der Waals surface area (Å²) in [6.07, 6.45) is 0.867. The van der Waals surface area contributed by atoms with Crippen molar-refractivity contribution < 1.29 is 9.59 Å². The van der Waals surface area contributed by atoms with Crippen LogP contribution in [0.1, 0.15) is 25.8 Å². The molecule has 0 aromatic heterocycles. The van der Waals surface area contributed by atoms with Crippen molar-refractivity contribution in [3.05, 3.63) is 34.9 Å². The summed E-state index contributed by atoms with van der Waals surface area (Å²) in [6, 6.07) is 7.06. The van der Waals surface area contributed by atoms with E-state index in [2.05, 4.69) is 10.6 Å². The molecule has 1 aromatic rings. The van der Waals surface area contributed by atoms with Crippen molar-refractivity contribution in [2.24, 2.45) is 0 Å². The van der Waals surface area contributed by atoms with Crippen molar-refractivity contribution in [1.82, 2.24) is 15.5 Å². The normalized spacial score (nSPS) is 10.0. The zero-order valence-electron chi connectivity index (χ0n) is 12.5. The molecule has 0 aliphatic rings. The summed E-state index contributed by atoms with van der Waals surface area (Å²) in [5, 5.41) is 6.21. The third-order valence-electron chi connectivity index (χ3n) is 2.93. The van der Waals surface area contributed by atoms with Gasteiger partial charge in [0.2, 0.25) is 5.91 Å². The minimum absolute atomic E-state index is 0.0552. The van der Waals surface area contributed by atoms with E-state index in [1.165, 1.54) is 4.90 Å². The molecule has 3 amide bonds. The second kappa shape index (κ2) is 9.23. The molecule has 2 N–H and O–H groups in total. The minimum atomic E-state index is -0.207. The Labute approximate surface area is 130 Å². The van der Waals surface area contributed by atoms with E-state index in [0.717, 1.165) is 12.0 Å². The fourth-order valence-corrected chi connectivity index (χ4v) is 1.83. The zero-order chi connectivity index (χ0) is 15.7. The highest BCUT2D eigenvalue weighted by Crippen LogP contribution is 2.09. The molecular formula is C15H22ClN3O2. The fraction of sp³-hybridized carbons (Fsp3) is 0.467. The van der Waals surface area contributed by atoms with Gasteiger partial charge in [-0.15, -0.1) is 0 Å². The number of hydrogen-bond acceptors (Lipinski definition) is 2. The van der Waals surface area contributed by atoms with Crippen LogP contribution in [-0.2, 0) is 11.3 Å². The Balaban J connectivity index is 2.40. The first-order valence-corrected chi connectivity index (χ1v) is 7.48. The first-order chi connectivity index (χ1) is 10.1. The minimum Gasteiger partial charge on any atom is -0.350 e. The van der Waals surface area contributed by atoms with E-state index in [9.17, 15) is 9.59 Å². The number of benzene rings is 1. The van der Waals surface area contributed by atoms with Crippen LogP contribution in [0.15, 0.2) is 24.3 Å². The van der Waals surface area contributed by atoms with Crippen molar-refractivity contribution in [1.29, 1.82) is 0 Å². The summed E-state index contributed by atoms with van der Waals surface area (Å²) < 4.78 is 0. The Morgan fingerprint density at radius 3 is 2.38 bits per heavy atom. The van der Waals surface area contributed by atoms with Crippen LogP contribution < -0.4 is 10.6 Å². The lowest BCUT2D eigenvalue weighted by Gasteiger charge is -2.20. The van der Waals surface area contributed by atoms with Gasteiger partial charge in [-0.05, 0) is 31.0 Å².